The van der Waals surface area contributed by atoms with Gasteiger partial charge in [0, 0.05) is 26.0 Å². The zero-order valence-electron chi connectivity index (χ0n) is 14.8. The van der Waals surface area contributed by atoms with Gasteiger partial charge in [0.15, 0.2) is 0 Å². The summed E-state index contributed by atoms with van der Waals surface area (Å²) >= 11 is 0. The fraction of sp³-hybridized carbons (Fsp3) is 0.444. The number of carbonyl (C=O) groups is 1. The van der Waals surface area contributed by atoms with Gasteiger partial charge in [-0.3, -0.25) is 9.69 Å². The Morgan fingerprint density at radius 2 is 2.04 bits per heavy atom. The number of aromatic nitrogens is 2. The maximum atomic E-state index is 13.2. The number of amides is 1. The molecule has 0 saturated heterocycles. The number of aliphatic hydroxyl groups excluding tert-OH is 1. The second kappa shape index (κ2) is 8.08. The van der Waals surface area contributed by atoms with Gasteiger partial charge in [-0.05, 0) is 32.1 Å². The van der Waals surface area contributed by atoms with E-state index in [1.165, 1.54) is 0 Å². The van der Waals surface area contributed by atoms with Gasteiger partial charge >= 0.3 is 0 Å². The molecule has 1 heterocycles. The minimum Gasteiger partial charge on any atom is -0.395 e. The number of aliphatic hydroxyl groups is 1. The highest BCUT2D eigenvalue weighted by Gasteiger charge is 2.29. The van der Waals surface area contributed by atoms with E-state index < -0.39 is 6.04 Å². The number of nitrogens with zero attached hydrogens (tertiary/aromatic N) is 4. The zero-order chi connectivity index (χ0) is 17.7. The summed E-state index contributed by atoms with van der Waals surface area (Å²) in [6, 6.07) is 7.51. The lowest BCUT2D eigenvalue weighted by atomic mass is 9.99. The minimum absolute atomic E-state index is 0.0358. The van der Waals surface area contributed by atoms with Crippen molar-refractivity contribution in [2.24, 2.45) is 7.05 Å². The maximum absolute atomic E-state index is 13.2. The molecule has 0 spiro atoms. The second-order valence-corrected chi connectivity index (χ2v) is 6.16. The van der Waals surface area contributed by atoms with Gasteiger partial charge in [-0.15, -0.1) is 0 Å². The molecule has 1 aromatic carbocycles. The van der Waals surface area contributed by atoms with Crippen LogP contribution in [-0.2, 0) is 18.4 Å². The molecule has 130 valence electrons. The van der Waals surface area contributed by atoms with Crippen LogP contribution in [0.1, 0.15) is 23.0 Å². The SMILES string of the molecule is Cc1ccccc1C(C(=O)N(CCO)Cc1nccn1C)N(C)C. The van der Waals surface area contributed by atoms with E-state index in [4.69, 9.17) is 0 Å². The molecule has 6 nitrogen and oxygen atoms in total. The van der Waals surface area contributed by atoms with Crippen LogP contribution in [0.25, 0.3) is 0 Å². The standard InChI is InChI=1S/C18H26N4O2/c1-14-7-5-6-8-15(14)17(20(2)3)18(24)22(11-12-23)13-16-19-9-10-21(16)4/h5-10,17,23H,11-13H2,1-4H3. The largest absolute Gasteiger partial charge is 0.395 e. The number of hydrogen-bond acceptors (Lipinski definition) is 4. The highest BCUT2D eigenvalue weighted by atomic mass is 16.3. The summed E-state index contributed by atoms with van der Waals surface area (Å²) in [4.78, 5) is 21.1. The quantitative estimate of drug-likeness (QED) is 0.832. The number of imidazole rings is 1. The summed E-state index contributed by atoms with van der Waals surface area (Å²) in [6.45, 7) is 2.58. The van der Waals surface area contributed by atoms with E-state index in [0.29, 0.717) is 6.54 Å². The van der Waals surface area contributed by atoms with Crippen molar-refractivity contribution < 1.29 is 9.90 Å². The summed E-state index contributed by atoms with van der Waals surface area (Å²) in [6.07, 6.45) is 3.56. The molecule has 2 aromatic rings. The van der Waals surface area contributed by atoms with E-state index in [9.17, 15) is 9.90 Å². The molecule has 0 saturated carbocycles. The van der Waals surface area contributed by atoms with Gasteiger partial charge in [-0.2, -0.15) is 0 Å². The number of hydrogen-bond donors (Lipinski definition) is 1. The predicted octanol–water partition coefficient (Wildman–Crippen LogP) is 1.35. The topological polar surface area (TPSA) is 61.6 Å². The van der Waals surface area contributed by atoms with E-state index in [1.807, 2.05) is 68.0 Å². The average Bonchev–Trinajstić information content (AvgIpc) is 2.93. The van der Waals surface area contributed by atoms with Crippen molar-refractivity contribution in [3.8, 4) is 0 Å². The van der Waals surface area contributed by atoms with Crippen LogP contribution in [0.5, 0.6) is 0 Å². The Bertz CT molecular complexity index is 681. The Hall–Kier alpha value is -2.18. The number of rotatable bonds is 7. The third-order valence-electron chi connectivity index (χ3n) is 4.17. The molecule has 0 aliphatic heterocycles. The van der Waals surface area contributed by atoms with Crippen molar-refractivity contribution >= 4 is 5.91 Å². The highest BCUT2D eigenvalue weighted by molar-refractivity contribution is 5.83. The molecular formula is C18H26N4O2. The van der Waals surface area contributed by atoms with Crippen molar-refractivity contribution in [3.05, 3.63) is 53.6 Å². The molecule has 1 amide bonds. The lowest BCUT2D eigenvalue weighted by molar-refractivity contribution is -0.137. The highest BCUT2D eigenvalue weighted by Crippen LogP contribution is 2.24. The molecule has 0 fully saturated rings. The summed E-state index contributed by atoms with van der Waals surface area (Å²) in [5, 5.41) is 9.39. The summed E-state index contributed by atoms with van der Waals surface area (Å²) in [5.74, 6) is 0.755. The monoisotopic (exact) mass is 330 g/mol. The van der Waals surface area contributed by atoms with Gasteiger partial charge in [0.05, 0.1) is 13.2 Å². The van der Waals surface area contributed by atoms with Gasteiger partial charge in [0.1, 0.15) is 11.9 Å². The maximum Gasteiger partial charge on any atom is 0.245 e. The number of aryl methyl sites for hydroxylation is 2. The molecule has 1 aromatic heterocycles. The fourth-order valence-electron chi connectivity index (χ4n) is 2.81. The van der Waals surface area contributed by atoms with Crippen molar-refractivity contribution in [2.45, 2.75) is 19.5 Å². The van der Waals surface area contributed by atoms with Crippen LogP contribution >= 0.6 is 0 Å². The molecule has 0 aliphatic rings. The van der Waals surface area contributed by atoms with E-state index in [-0.39, 0.29) is 19.1 Å². The number of likely N-dealkylation sites (N-methyl/N-ethyl adjacent to an activating group) is 1. The van der Waals surface area contributed by atoms with Gasteiger partial charge in [0.2, 0.25) is 5.91 Å². The first kappa shape index (κ1) is 18.2. The van der Waals surface area contributed by atoms with Gasteiger partial charge in [-0.1, -0.05) is 24.3 Å². The third-order valence-corrected chi connectivity index (χ3v) is 4.17. The second-order valence-electron chi connectivity index (χ2n) is 6.16. The molecule has 0 aliphatic carbocycles. The average molecular weight is 330 g/mol. The Morgan fingerprint density at radius 1 is 1.33 bits per heavy atom. The zero-order valence-corrected chi connectivity index (χ0v) is 14.8. The molecule has 1 unspecified atom stereocenters. The van der Waals surface area contributed by atoms with Gasteiger partial charge < -0.3 is 14.6 Å². The van der Waals surface area contributed by atoms with Gasteiger partial charge in [0.25, 0.3) is 0 Å². The molecule has 1 atom stereocenters. The summed E-state index contributed by atoms with van der Waals surface area (Å²) in [5.41, 5.74) is 2.06. The van der Waals surface area contributed by atoms with E-state index in [1.54, 1.807) is 11.1 Å². The fourth-order valence-corrected chi connectivity index (χ4v) is 2.81. The summed E-state index contributed by atoms with van der Waals surface area (Å²) in [7, 11) is 5.69. The minimum atomic E-state index is -0.391. The van der Waals surface area contributed by atoms with Crippen molar-refractivity contribution in [3.63, 3.8) is 0 Å². The Balaban J connectivity index is 2.31. The lowest BCUT2D eigenvalue weighted by Crippen LogP contribution is -2.42. The van der Waals surface area contributed by atoms with Crippen LogP contribution < -0.4 is 0 Å². The van der Waals surface area contributed by atoms with Crippen LogP contribution in [0.15, 0.2) is 36.7 Å². The van der Waals surface area contributed by atoms with Crippen molar-refractivity contribution in [1.82, 2.24) is 19.4 Å². The van der Waals surface area contributed by atoms with Crippen LogP contribution in [0.2, 0.25) is 0 Å². The summed E-state index contributed by atoms with van der Waals surface area (Å²) < 4.78 is 1.89. The van der Waals surface area contributed by atoms with E-state index in [0.717, 1.165) is 17.0 Å². The van der Waals surface area contributed by atoms with Crippen LogP contribution in [0.4, 0.5) is 0 Å². The number of carbonyl (C=O) groups excluding carboxylic acids is 1. The molecule has 0 radical (unpaired) electrons. The van der Waals surface area contributed by atoms with Gasteiger partial charge in [-0.25, -0.2) is 4.98 Å². The van der Waals surface area contributed by atoms with Crippen LogP contribution in [-0.4, -0.2) is 57.6 Å². The third kappa shape index (κ3) is 4.01. The van der Waals surface area contributed by atoms with Crippen LogP contribution in [0.3, 0.4) is 0 Å². The number of benzene rings is 1. The molecule has 1 N–H and O–H groups in total. The molecule has 0 bridgehead atoms. The molecule has 6 heteroatoms. The molecule has 24 heavy (non-hydrogen) atoms. The lowest BCUT2D eigenvalue weighted by Gasteiger charge is -2.31. The first-order chi connectivity index (χ1) is 11.5. The molecular weight excluding hydrogens is 304 g/mol. The Morgan fingerprint density at radius 3 is 2.58 bits per heavy atom. The Kier molecular flexibility index (Phi) is 6.11. The predicted molar refractivity (Wildman–Crippen MR) is 93.3 cm³/mol. The first-order valence-electron chi connectivity index (χ1n) is 8.03. The normalized spacial score (nSPS) is 12.4. The van der Waals surface area contributed by atoms with E-state index in [2.05, 4.69) is 4.98 Å². The van der Waals surface area contributed by atoms with Crippen LogP contribution in [0, 0.1) is 6.92 Å². The first-order valence-corrected chi connectivity index (χ1v) is 8.03. The van der Waals surface area contributed by atoms with Crippen molar-refractivity contribution in [2.75, 3.05) is 27.2 Å². The smallest absolute Gasteiger partial charge is 0.245 e. The van der Waals surface area contributed by atoms with Crippen molar-refractivity contribution in [1.29, 1.82) is 0 Å². The van der Waals surface area contributed by atoms with E-state index >= 15 is 0 Å². The Labute approximate surface area is 143 Å². The molecule has 2 rings (SSSR count).